The molecule has 0 aromatic heterocycles. The van der Waals surface area contributed by atoms with Crippen LogP contribution in [-0.2, 0) is 14.6 Å². The molecule has 0 saturated heterocycles. The summed E-state index contributed by atoms with van der Waals surface area (Å²) in [5, 5.41) is 3.24. The molecule has 0 amide bonds. The molecule has 16 heavy (non-hydrogen) atoms. The summed E-state index contributed by atoms with van der Waals surface area (Å²) in [7, 11) is -1.41. The van der Waals surface area contributed by atoms with E-state index in [-0.39, 0.29) is 11.0 Å². The summed E-state index contributed by atoms with van der Waals surface area (Å²) in [5.74, 6) is 0.161. The molecule has 0 bridgehead atoms. The third-order valence-electron chi connectivity index (χ3n) is 3.15. The minimum Gasteiger partial charge on any atom is -0.384 e. The molecule has 0 aromatic carbocycles. The van der Waals surface area contributed by atoms with Gasteiger partial charge in [-0.15, -0.1) is 0 Å². The molecule has 0 radical (unpaired) electrons. The highest BCUT2D eigenvalue weighted by atomic mass is 32.2. The number of ether oxygens (including phenoxy) is 1. The zero-order chi connectivity index (χ0) is 12.0. The van der Waals surface area contributed by atoms with Crippen LogP contribution in [0.2, 0.25) is 0 Å². The van der Waals surface area contributed by atoms with Crippen LogP contribution in [0.15, 0.2) is 0 Å². The van der Waals surface area contributed by atoms with Crippen molar-refractivity contribution in [3.63, 3.8) is 0 Å². The minimum absolute atomic E-state index is 0.156. The first-order valence-corrected chi connectivity index (χ1v) is 7.75. The van der Waals surface area contributed by atoms with Crippen LogP contribution in [0.3, 0.4) is 0 Å². The van der Waals surface area contributed by atoms with Gasteiger partial charge in [0, 0.05) is 13.2 Å². The van der Waals surface area contributed by atoms with Crippen molar-refractivity contribution in [2.24, 2.45) is 0 Å². The molecule has 5 heteroatoms. The zero-order valence-electron chi connectivity index (χ0n) is 10.2. The molecule has 0 aliphatic heterocycles. The molecule has 1 aliphatic carbocycles. The lowest BCUT2D eigenvalue weighted by molar-refractivity contribution is 0.217. The van der Waals surface area contributed by atoms with Gasteiger partial charge in [0.05, 0.1) is 17.6 Å². The normalized spacial score (nSPS) is 26.1. The Hall–Kier alpha value is -0.130. The molecule has 1 fully saturated rings. The minimum atomic E-state index is -2.95. The summed E-state index contributed by atoms with van der Waals surface area (Å²) in [4.78, 5) is 0. The van der Waals surface area contributed by atoms with Crippen molar-refractivity contribution >= 4 is 9.84 Å². The number of sulfone groups is 1. The van der Waals surface area contributed by atoms with E-state index in [1.54, 1.807) is 0 Å². The molecule has 1 rings (SSSR count). The van der Waals surface area contributed by atoms with Gasteiger partial charge in [0.25, 0.3) is 0 Å². The first-order valence-electron chi connectivity index (χ1n) is 6.04. The van der Waals surface area contributed by atoms with Gasteiger partial charge in [0.1, 0.15) is 0 Å². The fourth-order valence-corrected chi connectivity index (χ4v) is 3.92. The van der Waals surface area contributed by atoms with E-state index < -0.39 is 9.84 Å². The van der Waals surface area contributed by atoms with Gasteiger partial charge in [0.15, 0.2) is 9.84 Å². The Kier molecular flexibility index (Phi) is 5.72. The van der Waals surface area contributed by atoms with E-state index in [0.29, 0.717) is 12.6 Å². The molecular formula is C11H23NO3S. The van der Waals surface area contributed by atoms with Crippen LogP contribution in [0, 0.1) is 0 Å². The van der Waals surface area contributed by atoms with Crippen LogP contribution in [0.5, 0.6) is 0 Å². The van der Waals surface area contributed by atoms with Gasteiger partial charge in [-0.3, -0.25) is 0 Å². The third kappa shape index (κ3) is 4.03. The van der Waals surface area contributed by atoms with Gasteiger partial charge in [-0.1, -0.05) is 6.92 Å². The Bertz CT molecular complexity index is 290. The monoisotopic (exact) mass is 249 g/mol. The fraction of sp³-hybridized carbons (Fsp3) is 1.00. The van der Waals surface area contributed by atoms with Gasteiger partial charge in [-0.05, 0) is 32.2 Å². The van der Waals surface area contributed by atoms with E-state index in [4.69, 9.17) is 4.74 Å². The molecule has 0 aromatic rings. The summed E-state index contributed by atoms with van der Waals surface area (Å²) in [6.45, 7) is 3.41. The highest BCUT2D eigenvalue weighted by molar-refractivity contribution is 7.92. The number of nitrogens with one attached hydrogen (secondary N) is 1. The third-order valence-corrected chi connectivity index (χ3v) is 5.33. The largest absolute Gasteiger partial charge is 0.384 e. The van der Waals surface area contributed by atoms with Crippen LogP contribution < -0.4 is 5.32 Å². The van der Waals surface area contributed by atoms with Crippen LogP contribution in [0.1, 0.15) is 32.6 Å². The van der Waals surface area contributed by atoms with Gasteiger partial charge in [0.2, 0.25) is 0 Å². The summed E-state index contributed by atoms with van der Waals surface area (Å²) < 4.78 is 28.6. The van der Waals surface area contributed by atoms with E-state index in [9.17, 15) is 8.42 Å². The second kappa shape index (κ2) is 6.57. The molecule has 2 unspecified atom stereocenters. The van der Waals surface area contributed by atoms with Crippen molar-refractivity contribution in [1.82, 2.24) is 5.32 Å². The SMILES string of the molecule is CCCNC1CCC(S(=O)(=O)CCOC)C1. The fourth-order valence-electron chi connectivity index (χ4n) is 2.17. The Labute approximate surface area is 98.7 Å². The van der Waals surface area contributed by atoms with E-state index in [1.165, 1.54) is 7.11 Å². The van der Waals surface area contributed by atoms with Crippen molar-refractivity contribution in [3.8, 4) is 0 Å². The Morgan fingerprint density at radius 3 is 2.75 bits per heavy atom. The van der Waals surface area contributed by atoms with Crippen molar-refractivity contribution in [2.45, 2.75) is 43.9 Å². The molecule has 1 N–H and O–H groups in total. The second-order valence-corrected chi connectivity index (χ2v) is 6.85. The maximum absolute atomic E-state index is 11.9. The molecule has 1 saturated carbocycles. The number of methoxy groups -OCH3 is 1. The summed E-state index contributed by atoms with van der Waals surface area (Å²) >= 11 is 0. The lowest BCUT2D eigenvalue weighted by Crippen LogP contribution is -2.30. The molecule has 1 aliphatic rings. The zero-order valence-corrected chi connectivity index (χ0v) is 11.1. The highest BCUT2D eigenvalue weighted by Gasteiger charge is 2.33. The van der Waals surface area contributed by atoms with E-state index >= 15 is 0 Å². The summed E-state index contributed by atoms with van der Waals surface area (Å²) in [6, 6.07) is 0.391. The second-order valence-electron chi connectivity index (χ2n) is 4.45. The van der Waals surface area contributed by atoms with Crippen molar-refractivity contribution in [1.29, 1.82) is 0 Å². The van der Waals surface area contributed by atoms with Gasteiger partial charge >= 0.3 is 0 Å². The predicted octanol–water partition coefficient (Wildman–Crippen LogP) is 0.968. The Morgan fingerprint density at radius 1 is 1.38 bits per heavy atom. The average Bonchev–Trinajstić information content (AvgIpc) is 2.73. The van der Waals surface area contributed by atoms with Crippen molar-refractivity contribution in [3.05, 3.63) is 0 Å². The molecule has 2 atom stereocenters. The van der Waals surface area contributed by atoms with Gasteiger partial charge in [-0.25, -0.2) is 8.42 Å². The Balaban J connectivity index is 2.39. The Morgan fingerprint density at radius 2 is 2.12 bits per heavy atom. The average molecular weight is 249 g/mol. The molecule has 0 spiro atoms. The molecule has 0 heterocycles. The van der Waals surface area contributed by atoms with Gasteiger partial charge in [-0.2, -0.15) is 0 Å². The van der Waals surface area contributed by atoms with Crippen LogP contribution in [0.4, 0.5) is 0 Å². The maximum Gasteiger partial charge on any atom is 0.155 e. The molecule has 96 valence electrons. The quantitative estimate of drug-likeness (QED) is 0.730. The number of rotatable bonds is 7. The highest BCUT2D eigenvalue weighted by Crippen LogP contribution is 2.25. The maximum atomic E-state index is 11.9. The van der Waals surface area contributed by atoms with Crippen LogP contribution in [0.25, 0.3) is 0 Å². The van der Waals surface area contributed by atoms with E-state index in [0.717, 1.165) is 32.2 Å². The lowest BCUT2D eigenvalue weighted by Gasteiger charge is -2.13. The molecule has 4 nitrogen and oxygen atoms in total. The number of hydrogen-bond donors (Lipinski definition) is 1. The lowest BCUT2D eigenvalue weighted by atomic mass is 10.2. The van der Waals surface area contributed by atoms with E-state index in [1.807, 2.05) is 0 Å². The topological polar surface area (TPSA) is 55.4 Å². The van der Waals surface area contributed by atoms with Crippen molar-refractivity contribution in [2.75, 3.05) is 26.0 Å². The standard InChI is InChI=1S/C11H23NO3S/c1-3-6-12-10-4-5-11(9-10)16(13,14)8-7-15-2/h10-12H,3-9H2,1-2H3. The van der Waals surface area contributed by atoms with E-state index in [2.05, 4.69) is 12.2 Å². The summed E-state index contributed by atoms with van der Waals surface area (Å²) in [5.41, 5.74) is 0. The molecular weight excluding hydrogens is 226 g/mol. The first kappa shape index (κ1) is 13.9. The van der Waals surface area contributed by atoms with Crippen molar-refractivity contribution < 1.29 is 13.2 Å². The smallest absolute Gasteiger partial charge is 0.155 e. The predicted molar refractivity (Wildman–Crippen MR) is 65.4 cm³/mol. The number of hydrogen-bond acceptors (Lipinski definition) is 4. The summed E-state index contributed by atoms with van der Waals surface area (Å²) in [6.07, 6.45) is 3.65. The van der Waals surface area contributed by atoms with Crippen LogP contribution >= 0.6 is 0 Å². The first-order chi connectivity index (χ1) is 7.60. The van der Waals surface area contributed by atoms with Gasteiger partial charge < -0.3 is 10.1 Å². The van der Waals surface area contributed by atoms with Crippen LogP contribution in [-0.4, -0.2) is 45.7 Å².